The SMILES string of the molecule is CCCCCC[Si](OC)(OC)c1cccc2c1O2. The lowest BCUT2D eigenvalue weighted by atomic mass is 10.2. The van der Waals surface area contributed by atoms with Crippen molar-refractivity contribution in [3.8, 4) is 11.5 Å². The molecule has 18 heavy (non-hydrogen) atoms. The van der Waals surface area contributed by atoms with Crippen LogP contribution in [0.15, 0.2) is 18.2 Å². The standard InChI is InChI=1S/C14H22O3Si/c1-4-5-6-7-11-18(15-2,16-3)13-10-8-9-12-14(13)17-12/h8-10H,4-7,11H2,1-3H3. The summed E-state index contributed by atoms with van der Waals surface area (Å²) >= 11 is 0. The van der Waals surface area contributed by atoms with Crippen LogP contribution in [-0.4, -0.2) is 22.8 Å². The van der Waals surface area contributed by atoms with Crippen LogP contribution in [0.1, 0.15) is 32.6 Å². The van der Waals surface area contributed by atoms with Gasteiger partial charge in [0.05, 0.1) is 0 Å². The molecule has 1 aliphatic rings. The molecule has 0 spiro atoms. The number of para-hydroxylation sites is 1. The lowest BCUT2D eigenvalue weighted by Gasteiger charge is -2.26. The highest BCUT2D eigenvalue weighted by molar-refractivity contribution is 6.82. The second-order valence-corrected chi connectivity index (χ2v) is 8.07. The zero-order valence-corrected chi connectivity index (χ0v) is 12.5. The average Bonchev–Trinajstić information content (AvgIpc) is 3.19. The molecule has 0 saturated heterocycles. The second kappa shape index (κ2) is 5.86. The second-order valence-electron chi connectivity index (χ2n) is 4.71. The minimum atomic E-state index is -2.29. The Hall–Kier alpha value is -0.843. The summed E-state index contributed by atoms with van der Waals surface area (Å²) in [5.41, 5.74) is 0. The van der Waals surface area contributed by atoms with Crippen LogP contribution in [0, 0.1) is 0 Å². The Morgan fingerprint density at radius 1 is 1.11 bits per heavy atom. The van der Waals surface area contributed by atoms with E-state index >= 15 is 0 Å². The number of benzene rings is 1. The van der Waals surface area contributed by atoms with Crippen molar-refractivity contribution >= 4 is 13.7 Å². The zero-order chi connectivity index (χ0) is 13.0. The molecule has 100 valence electrons. The Labute approximate surface area is 110 Å². The number of fused-ring (bicyclic) bond motifs is 1. The van der Waals surface area contributed by atoms with Crippen LogP contribution in [0.3, 0.4) is 0 Å². The summed E-state index contributed by atoms with van der Waals surface area (Å²) < 4.78 is 17.1. The van der Waals surface area contributed by atoms with Gasteiger partial charge >= 0.3 is 8.56 Å². The molecule has 3 nitrogen and oxygen atoms in total. The first-order valence-electron chi connectivity index (χ1n) is 6.69. The van der Waals surface area contributed by atoms with Crippen LogP contribution < -0.4 is 9.92 Å². The normalized spacial score (nSPS) is 13.1. The molecule has 0 fully saturated rings. The zero-order valence-electron chi connectivity index (χ0n) is 11.5. The van der Waals surface area contributed by atoms with Gasteiger partial charge in [-0.05, 0) is 12.1 Å². The number of ether oxygens (including phenoxy) is 1. The first-order chi connectivity index (χ1) is 8.77. The van der Waals surface area contributed by atoms with Gasteiger partial charge in [-0.2, -0.15) is 0 Å². The molecule has 0 atom stereocenters. The van der Waals surface area contributed by atoms with Crippen molar-refractivity contribution in [1.82, 2.24) is 0 Å². The van der Waals surface area contributed by atoms with Crippen molar-refractivity contribution in [3.05, 3.63) is 18.2 Å². The van der Waals surface area contributed by atoms with Gasteiger partial charge in [-0.1, -0.05) is 44.7 Å². The topological polar surface area (TPSA) is 31.0 Å². The van der Waals surface area contributed by atoms with Crippen LogP contribution in [0.5, 0.6) is 11.5 Å². The van der Waals surface area contributed by atoms with Crippen LogP contribution in [-0.2, 0) is 8.85 Å². The van der Waals surface area contributed by atoms with E-state index in [1.54, 1.807) is 14.2 Å². The quantitative estimate of drug-likeness (QED) is 0.417. The van der Waals surface area contributed by atoms with Crippen LogP contribution in [0.25, 0.3) is 0 Å². The minimum Gasteiger partial charge on any atom is -0.449 e. The summed E-state index contributed by atoms with van der Waals surface area (Å²) in [5.74, 6) is 1.97. The summed E-state index contributed by atoms with van der Waals surface area (Å²) in [7, 11) is 1.24. The van der Waals surface area contributed by atoms with Crippen LogP contribution >= 0.6 is 0 Å². The van der Waals surface area contributed by atoms with E-state index in [0.29, 0.717) is 0 Å². The largest absolute Gasteiger partial charge is 0.449 e. The van der Waals surface area contributed by atoms with Crippen molar-refractivity contribution in [2.75, 3.05) is 14.2 Å². The molecular formula is C14H22O3Si. The van der Waals surface area contributed by atoms with E-state index in [2.05, 4.69) is 13.0 Å². The first kappa shape index (κ1) is 13.6. The fourth-order valence-electron chi connectivity index (χ4n) is 2.42. The van der Waals surface area contributed by atoms with Gasteiger partial charge in [-0.25, -0.2) is 0 Å². The van der Waals surface area contributed by atoms with E-state index in [-0.39, 0.29) is 0 Å². The van der Waals surface area contributed by atoms with Gasteiger partial charge in [0.2, 0.25) is 0 Å². The Balaban J connectivity index is 2.09. The van der Waals surface area contributed by atoms with E-state index in [1.165, 1.54) is 19.3 Å². The van der Waals surface area contributed by atoms with Gasteiger partial charge in [-0.15, -0.1) is 0 Å². The Kier molecular flexibility index (Phi) is 4.43. The highest BCUT2D eigenvalue weighted by atomic mass is 28.4. The fourth-order valence-corrected chi connectivity index (χ4v) is 5.29. The third-order valence-corrected chi connectivity index (χ3v) is 7.12. The van der Waals surface area contributed by atoms with Gasteiger partial charge < -0.3 is 13.6 Å². The molecule has 1 heterocycles. The van der Waals surface area contributed by atoms with Crippen molar-refractivity contribution < 1.29 is 13.6 Å². The lowest BCUT2D eigenvalue weighted by molar-refractivity contribution is 0.255. The van der Waals surface area contributed by atoms with Gasteiger partial charge in [0.25, 0.3) is 0 Å². The molecule has 0 aromatic heterocycles. The number of hydrogen-bond donors (Lipinski definition) is 0. The predicted molar refractivity (Wildman–Crippen MR) is 74.9 cm³/mol. The third-order valence-electron chi connectivity index (χ3n) is 3.58. The molecule has 1 aliphatic heterocycles. The summed E-state index contributed by atoms with van der Waals surface area (Å²) in [6.07, 6.45) is 4.93. The van der Waals surface area contributed by atoms with Gasteiger partial charge in [-0.3, -0.25) is 0 Å². The molecule has 1 aromatic rings. The molecule has 0 N–H and O–H groups in total. The monoisotopic (exact) mass is 266 g/mol. The molecule has 0 aliphatic carbocycles. The molecule has 0 radical (unpaired) electrons. The highest BCUT2D eigenvalue weighted by Gasteiger charge is 2.44. The van der Waals surface area contributed by atoms with E-state index < -0.39 is 8.56 Å². The van der Waals surface area contributed by atoms with E-state index in [0.717, 1.165) is 29.2 Å². The smallest absolute Gasteiger partial charge is 0.375 e. The average molecular weight is 266 g/mol. The molecular weight excluding hydrogens is 244 g/mol. The fraction of sp³-hybridized carbons (Fsp3) is 0.571. The van der Waals surface area contributed by atoms with Crippen LogP contribution in [0.4, 0.5) is 0 Å². The minimum absolute atomic E-state index is 0.979. The molecule has 4 heteroatoms. The number of unbranched alkanes of at least 4 members (excludes halogenated alkanes) is 3. The Morgan fingerprint density at radius 3 is 2.56 bits per heavy atom. The predicted octanol–water partition coefficient (Wildman–Crippen LogP) is 3.31. The van der Waals surface area contributed by atoms with Crippen LogP contribution in [0.2, 0.25) is 6.04 Å². The summed E-state index contributed by atoms with van der Waals surface area (Å²) in [6.45, 7) is 2.22. The molecule has 1 aromatic carbocycles. The summed E-state index contributed by atoms with van der Waals surface area (Å²) in [5, 5.41) is 1.15. The molecule has 0 bridgehead atoms. The maximum atomic E-state index is 5.80. The highest BCUT2D eigenvalue weighted by Crippen LogP contribution is 2.44. The van der Waals surface area contributed by atoms with E-state index in [4.69, 9.17) is 13.6 Å². The van der Waals surface area contributed by atoms with Crippen molar-refractivity contribution in [1.29, 1.82) is 0 Å². The summed E-state index contributed by atoms with van der Waals surface area (Å²) in [4.78, 5) is 0. The maximum absolute atomic E-state index is 5.80. The van der Waals surface area contributed by atoms with Gasteiger partial charge in [0.15, 0.2) is 11.5 Å². The number of hydrogen-bond acceptors (Lipinski definition) is 3. The molecule has 2 rings (SSSR count). The van der Waals surface area contributed by atoms with Crippen molar-refractivity contribution in [2.24, 2.45) is 0 Å². The third kappa shape index (κ3) is 2.60. The maximum Gasteiger partial charge on any atom is 0.375 e. The summed E-state index contributed by atoms with van der Waals surface area (Å²) in [6, 6.07) is 7.10. The number of rotatable bonds is 8. The van der Waals surface area contributed by atoms with Gasteiger partial charge in [0.1, 0.15) is 0 Å². The first-order valence-corrected chi connectivity index (χ1v) is 8.71. The van der Waals surface area contributed by atoms with E-state index in [9.17, 15) is 0 Å². The Bertz CT molecular complexity index is 402. The molecule has 0 saturated carbocycles. The van der Waals surface area contributed by atoms with Crippen molar-refractivity contribution in [2.45, 2.75) is 38.7 Å². The molecule has 0 unspecified atom stereocenters. The Morgan fingerprint density at radius 2 is 1.89 bits per heavy atom. The van der Waals surface area contributed by atoms with E-state index in [1.807, 2.05) is 12.1 Å². The lowest BCUT2D eigenvalue weighted by Crippen LogP contribution is -2.51. The molecule has 0 amide bonds. The van der Waals surface area contributed by atoms with Gasteiger partial charge in [0, 0.05) is 19.4 Å². The van der Waals surface area contributed by atoms with Crippen molar-refractivity contribution in [3.63, 3.8) is 0 Å².